The summed E-state index contributed by atoms with van der Waals surface area (Å²) in [5.41, 5.74) is 2.93. The molecule has 2 aromatic carbocycles. The van der Waals surface area contributed by atoms with Gasteiger partial charge in [0.25, 0.3) is 0 Å². The van der Waals surface area contributed by atoms with Crippen molar-refractivity contribution in [2.75, 3.05) is 6.54 Å². The van der Waals surface area contributed by atoms with Crippen LogP contribution >= 0.6 is 15.9 Å². The number of nitrogens with zero attached hydrogens (tertiary/aromatic N) is 2. The number of rotatable bonds is 8. The molecule has 0 aliphatic heterocycles. The molecule has 0 saturated carbocycles. The Balaban J connectivity index is 1.52. The van der Waals surface area contributed by atoms with Crippen molar-refractivity contribution in [3.63, 3.8) is 0 Å². The molecule has 0 aliphatic carbocycles. The maximum atomic E-state index is 12.4. The predicted octanol–water partition coefficient (Wildman–Crippen LogP) is 3.56. The summed E-state index contributed by atoms with van der Waals surface area (Å²) in [5.74, 6) is -0.277. The van der Waals surface area contributed by atoms with E-state index in [9.17, 15) is 9.59 Å². The molecule has 0 saturated heterocycles. The lowest BCUT2D eigenvalue weighted by Crippen LogP contribution is -2.33. The van der Waals surface area contributed by atoms with Crippen LogP contribution in [0.2, 0.25) is 0 Å². The maximum absolute atomic E-state index is 12.4. The van der Waals surface area contributed by atoms with E-state index >= 15 is 0 Å². The Morgan fingerprint density at radius 2 is 1.83 bits per heavy atom. The number of carbonyl (C=O) groups excluding carboxylic acids is 2. The third kappa shape index (κ3) is 6.29. The maximum Gasteiger partial charge on any atom is 0.222 e. The van der Waals surface area contributed by atoms with Gasteiger partial charge in [-0.3, -0.25) is 9.59 Å². The van der Waals surface area contributed by atoms with Gasteiger partial charge in [-0.2, -0.15) is 5.10 Å². The molecule has 1 heterocycles. The van der Waals surface area contributed by atoms with E-state index in [-0.39, 0.29) is 24.3 Å². The quantitative estimate of drug-likeness (QED) is 0.546. The van der Waals surface area contributed by atoms with E-state index in [0.717, 1.165) is 21.3 Å². The van der Waals surface area contributed by atoms with Gasteiger partial charge in [-0.05, 0) is 41.8 Å². The minimum atomic E-state index is -0.360. The van der Waals surface area contributed by atoms with E-state index in [1.54, 1.807) is 6.20 Å². The molecule has 0 fully saturated rings. The summed E-state index contributed by atoms with van der Waals surface area (Å²) in [4.78, 5) is 23.9. The second kappa shape index (κ2) is 10.0. The largest absolute Gasteiger partial charge is 0.356 e. The minimum Gasteiger partial charge on any atom is -0.356 e. The van der Waals surface area contributed by atoms with Gasteiger partial charge in [-0.25, -0.2) is 4.68 Å². The third-order valence-electron chi connectivity index (χ3n) is 4.43. The van der Waals surface area contributed by atoms with Gasteiger partial charge in [0, 0.05) is 24.1 Å². The minimum absolute atomic E-state index is 0.109. The summed E-state index contributed by atoms with van der Waals surface area (Å²) in [6.07, 6.45) is 4.64. The number of carbonyl (C=O) groups is 2. The lowest BCUT2D eigenvalue weighted by Gasteiger charge is -2.18. The lowest BCUT2D eigenvalue weighted by molar-refractivity contribution is -0.122. The number of amides is 2. The zero-order chi connectivity index (χ0) is 20.6. The number of hydrogen-bond acceptors (Lipinski definition) is 3. The first-order valence-corrected chi connectivity index (χ1v) is 10.2. The van der Waals surface area contributed by atoms with E-state index < -0.39 is 0 Å². The van der Waals surface area contributed by atoms with Crippen LogP contribution in [0.15, 0.2) is 71.5 Å². The molecule has 2 N–H and O–H groups in total. The molecule has 6 nitrogen and oxygen atoms in total. The van der Waals surface area contributed by atoms with E-state index in [2.05, 4.69) is 31.7 Å². The second-order valence-corrected chi connectivity index (χ2v) is 7.65. The SMILES string of the molecule is CC(=O)NC(CC(=O)NCCc1cnn(-c2ccccc2)c1)c1ccc(Br)cc1. The summed E-state index contributed by atoms with van der Waals surface area (Å²) >= 11 is 3.40. The highest BCUT2D eigenvalue weighted by atomic mass is 79.9. The van der Waals surface area contributed by atoms with Gasteiger partial charge in [0.15, 0.2) is 0 Å². The summed E-state index contributed by atoms with van der Waals surface area (Å²) in [6, 6.07) is 17.1. The number of benzene rings is 2. The molecule has 3 rings (SSSR count). The van der Waals surface area contributed by atoms with Gasteiger partial charge in [0.2, 0.25) is 11.8 Å². The van der Waals surface area contributed by atoms with Crippen LogP contribution in [0.5, 0.6) is 0 Å². The number of para-hydroxylation sites is 1. The van der Waals surface area contributed by atoms with Crippen LogP contribution in [0.4, 0.5) is 0 Å². The normalized spacial score (nSPS) is 11.7. The Morgan fingerprint density at radius 3 is 2.52 bits per heavy atom. The average Bonchev–Trinajstić information content (AvgIpc) is 3.17. The van der Waals surface area contributed by atoms with Crippen molar-refractivity contribution in [3.8, 4) is 5.69 Å². The fourth-order valence-electron chi connectivity index (χ4n) is 3.01. The van der Waals surface area contributed by atoms with Gasteiger partial charge in [0.05, 0.1) is 24.3 Å². The van der Waals surface area contributed by atoms with Gasteiger partial charge in [0.1, 0.15) is 0 Å². The van der Waals surface area contributed by atoms with Gasteiger partial charge in [-0.1, -0.05) is 46.3 Å². The molecule has 0 bridgehead atoms. The number of hydrogen-bond donors (Lipinski definition) is 2. The van der Waals surface area contributed by atoms with Crippen molar-refractivity contribution in [2.45, 2.75) is 25.8 Å². The van der Waals surface area contributed by atoms with Crippen LogP contribution in [0.25, 0.3) is 5.69 Å². The third-order valence-corrected chi connectivity index (χ3v) is 4.96. The molecule has 2 amide bonds. The standard InChI is InChI=1S/C22H23BrN4O2/c1-16(28)26-21(18-7-9-19(23)10-8-18)13-22(29)24-12-11-17-14-25-27(15-17)20-5-3-2-4-6-20/h2-10,14-15,21H,11-13H2,1H3,(H,24,29)(H,26,28). The van der Waals surface area contributed by atoms with Gasteiger partial charge in [-0.15, -0.1) is 0 Å². The first-order chi connectivity index (χ1) is 14.0. The van der Waals surface area contributed by atoms with Crippen molar-refractivity contribution in [2.24, 2.45) is 0 Å². The first kappa shape index (κ1) is 20.8. The highest BCUT2D eigenvalue weighted by Crippen LogP contribution is 2.19. The van der Waals surface area contributed by atoms with Gasteiger partial charge < -0.3 is 10.6 Å². The Bertz CT molecular complexity index is 954. The zero-order valence-corrected chi connectivity index (χ0v) is 17.7. The fraction of sp³-hybridized carbons (Fsp3) is 0.227. The molecule has 29 heavy (non-hydrogen) atoms. The Labute approximate surface area is 178 Å². The monoisotopic (exact) mass is 454 g/mol. The van der Waals surface area contributed by atoms with Crippen LogP contribution in [0.1, 0.15) is 30.5 Å². The van der Waals surface area contributed by atoms with Crippen molar-refractivity contribution in [1.29, 1.82) is 0 Å². The van der Waals surface area contributed by atoms with Crippen LogP contribution in [-0.4, -0.2) is 28.1 Å². The molecule has 1 unspecified atom stereocenters. The molecule has 150 valence electrons. The molecule has 3 aromatic rings. The van der Waals surface area contributed by atoms with Gasteiger partial charge >= 0.3 is 0 Å². The van der Waals surface area contributed by atoms with Crippen molar-refractivity contribution in [3.05, 3.63) is 82.6 Å². The van der Waals surface area contributed by atoms with Crippen LogP contribution in [0.3, 0.4) is 0 Å². The smallest absolute Gasteiger partial charge is 0.222 e. The molecule has 1 aromatic heterocycles. The van der Waals surface area contributed by atoms with Crippen LogP contribution in [0, 0.1) is 0 Å². The summed E-state index contributed by atoms with van der Waals surface area (Å²) in [7, 11) is 0. The highest BCUT2D eigenvalue weighted by molar-refractivity contribution is 9.10. The van der Waals surface area contributed by atoms with Crippen LogP contribution < -0.4 is 10.6 Å². The molecule has 0 radical (unpaired) electrons. The average molecular weight is 455 g/mol. The first-order valence-electron chi connectivity index (χ1n) is 9.39. The number of halogens is 1. The van der Waals surface area contributed by atoms with Crippen molar-refractivity contribution in [1.82, 2.24) is 20.4 Å². The summed E-state index contributed by atoms with van der Waals surface area (Å²) < 4.78 is 2.76. The molecule has 7 heteroatoms. The van der Waals surface area contributed by atoms with Crippen LogP contribution in [-0.2, 0) is 16.0 Å². The fourth-order valence-corrected chi connectivity index (χ4v) is 3.27. The number of nitrogens with one attached hydrogen (secondary N) is 2. The molecule has 1 atom stereocenters. The molecular weight excluding hydrogens is 432 g/mol. The predicted molar refractivity (Wildman–Crippen MR) is 116 cm³/mol. The van der Waals surface area contributed by atoms with E-state index in [0.29, 0.717) is 13.0 Å². The van der Waals surface area contributed by atoms with E-state index in [1.807, 2.05) is 65.5 Å². The van der Waals surface area contributed by atoms with E-state index in [1.165, 1.54) is 6.92 Å². The zero-order valence-electron chi connectivity index (χ0n) is 16.1. The Kier molecular flexibility index (Phi) is 7.19. The second-order valence-electron chi connectivity index (χ2n) is 6.74. The Hall–Kier alpha value is -2.93. The summed E-state index contributed by atoms with van der Waals surface area (Å²) in [6.45, 7) is 1.96. The Morgan fingerprint density at radius 1 is 1.10 bits per heavy atom. The van der Waals surface area contributed by atoms with E-state index in [4.69, 9.17) is 0 Å². The topological polar surface area (TPSA) is 76.0 Å². The molecule has 0 aliphatic rings. The molecule has 0 spiro atoms. The number of aromatic nitrogens is 2. The van der Waals surface area contributed by atoms with Crippen molar-refractivity contribution >= 4 is 27.7 Å². The molecular formula is C22H23BrN4O2. The summed E-state index contributed by atoms with van der Waals surface area (Å²) in [5, 5.41) is 10.1. The lowest BCUT2D eigenvalue weighted by atomic mass is 10.0. The highest BCUT2D eigenvalue weighted by Gasteiger charge is 2.17. The van der Waals surface area contributed by atoms with Crippen molar-refractivity contribution < 1.29 is 9.59 Å².